The fraction of sp³-hybridized carbons (Fsp3) is 1.00. The van der Waals surface area contributed by atoms with E-state index in [1.807, 2.05) is 0 Å². The van der Waals surface area contributed by atoms with Crippen molar-refractivity contribution in [2.24, 2.45) is 11.3 Å². The van der Waals surface area contributed by atoms with Crippen LogP contribution in [0.5, 0.6) is 0 Å². The third-order valence-corrected chi connectivity index (χ3v) is 5.33. The van der Waals surface area contributed by atoms with Crippen LogP contribution in [0.1, 0.15) is 59.3 Å². The molecule has 106 valence electrons. The summed E-state index contributed by atoms with van der Waals surface area (Å²) in [5.41, 5.74) is 0.539. The van der Waals surface area contributed by atoms with E-state index in [0.29, 0.717) is 11.5 Å². The highest BCUT2D eigenvalue weighted by Gasteiger charge is 2.38. The number of nitrogens with zero attached hydrogens (tertiary/aromatic N) is 1. The van der Waals surface area contributed by atoms with Gasteiger partial charge < -0.3 is 5.32 Å². The van der Waals surface area contributed by atoms with Gasteiger partial charge in [-0.05, 0) is 57.0 Å². The van der Waals surface area contributed by atoms with Gasteiger partial charge in [-0.25, -0.2) is 0 Å². The summed E-state index contributed by atoms with van der Waals surface area (Å²) in [7, 11) is 2.15. The minimum absolute atomic E-state index is 0.539. The number of hydrogen-bond donors (Lipinski definition) is 1. The molecule has 1 saturated heterocycles. The van der Waals surface area contributed by atoms with Crippen LogP contribution in [0.15, 0.2) is 0 Å². The normalized spacial score (nSPS) is 37.7. The first kappa shape index (κ1) is 14.3. The van der Waals surface area contributed by atoms with Crippen LogP contribution in [0, 0.1) is 11.3 Å². The maximum atomic E-state index is 3.58. The number of likely N-dealkylation sites (tertiary alicyclic amines) is 1. The highest BCUT2D eigenvalue weighted by molar-refractivity contribution is 4.95. The van der Waals surface area contributed by atoms with Gasteiger partial charge in [0.15, 0.2) is 0 Å². The molecule has 2 aliphatic rings. The maximum Gasteiger partial charge on any atom is 0.0254 e. The molecule has 2 fully saturated rings. The van der Waals surface area contributed by atoms with E-state index in [1.54, 1.807) is 0 Å². The zero-order valence-electron chi connectivity index (χ0n) is 12.8. The van der Waals surface area contributed by atoms with E-state index in [-0.39, 0.29) is 0 Å². The van der Waals surface area contributed by atoms with E-state index in [0.717, 1.165) is 12.0 Å². The number of hydrogen-bond acceptors (Lipinski definition) is 2. The van der Waals surface area contributed by atoms with Crippen LogP contribution in [0.2, 0.25) is 0 Å². The third-order valence-electron chi connectivity index (χ3n) is 5.33. The van der Waals surface area contributed by atoms with Crippen LogP contribution in [0.3, 0.4) is 0 Å². The summed E-state index contributed by atoms with van der Waals surface area (Å²) in [6.45, 7) is 9.93. The lowest BCUT2D eigenvalue weighted by Crippen LogP contribution is -2.56. The van der Waals surface area contributed by atoms with Crippen molar-refractivity contribution in [1.82, 2.24) is 10.2 Å². The van der Waals surface area contributed by atoms with Crippen LogP contribution < -0.4 is 5.32 Å². The highest BCUT2D eigenvalue weighted by Crippen LogP contribution is 2.38. The Morgan fingerprint density at radius 2 is 2.06 bits per heavy atom. The van der Waals surface area contributed by atoms with E-state index in [4.69, 9.17) is 0 Å². The average Bonchev–Trinajstić information content (AvgIpc) is 2.38. The molecule has 1 aliphatic heterocycles. The SMILES string of the molecule is CCC1CCCN(C2CC(C)(C)CCC2NC)C1. The Labute approximate surface area is 114 Å². The second kappa shape index (κ2) is 5.92. The fourth-order valence-electron chi connectivity index (χ4n) is 4.00. The van der Waals surface area contributed by atoms with Crippen molar-refractivity contribution in [2.75, 3.05) is 20.1 Å². The average molecular weight is 252 g/mol. The van der Waals surface area contributed by atoms with Gasteiger partial charge in [-0.15, -0.1) is 0 Å². The van der Waals surface area contributed by atoms with Crippen molar-refractivity contribution in [1.29, 1.82) is 0 Å². The Morgan fingerprint density at radius 3 is 2.72 bits per heavy atom. The Morgan fingerprint density at radius 1 is 1.28 bits per heavy atom. The van der Waals surface area contributed by atoms with Gasteiger partial charge in [-0.3, -0.25) is 4.90 Å². The first-order valence-electron chi connectivity index (χ1n) is 7.97. The molecular formula is C16H32N2. The summed E-state index contributed by atoms with van der Waals surface area (Å²) in [6, 6.07) is 1.49. The van der Waals surface area contributed by atoms with Crippen molar-refractivity contribution in [3.8, 4) is 0 Å². The van der Waals surface area contributed by atoms with Crippen LogP contribution >= 0.6 is 0 Å². The van der Waals surface area contributed by atoms with Gasteiger partial charge in [0.1, 0.15) is 0 Å². The molecule has 3 unspecified atom stereocenters. The van der Waals surface area contributed by atoms with Crippen LogP contribution in [-0.4, -0.2) is 37.1 Å². The molecule has 0 bridgehead atoms. The van der Waals surface area contributed by atoms with E-state index in [2.05, 4.69) is 38.0 Å². The van der Waals surface area contributed by atoms with Gasteiger partial charge >= 0.3 is 0 Å². The summed E-state index contributed by atoms with van der Waals surface area (Å²) in [5, 5.41) is 3.58. The lowest BCUT2D eigenvalue weighted by Gasteiger charge is -2.48. The first-order chi connectivity index (χ1) is 8.55. The zero-order valence-corrected chi connectivity index (χ0v) is 12.8. The second-order valence-electron chi connectivity index (χ2n) is 7.28. The maximum absolute atomic E-state index is 3.58. The Bertz CT molecular complexity index is 262. The fourth-order valence-corrected chi connectivity index (χ4v) is 4.00. The molecule has 0 radical (unpaired) electrons. The first-order valence-corrected chi connectivity index (χ1v) is 7.97. The van der Waals surface area contributed by atoms with Crippen molar-refractivity contribution in [3.63, 3.8) is 0 Å². The van der Waals surface area contributed by atoms with Crippen molar-refractivity contribution < 1.29 is 0 Å². The minimum Gasteiger partial charge on any atom is -0.315 e. The molecule has 0 aromatic rings. The van der Waals surface area contributed by atoms with Crippen molar-refractivity contribution >= 4 is 0 Å². The predicted molar refractivity (Wildman–Crippen MR) is 78.9 cm³/mol. The topological polar surface area (TPSA) is 15.3 Å². The Balaban J connectivity index is 2.03. The molecule has 1 saturated carbocycles. The lowest BCUT2D eigenvalue weighted by atomic mass is 9.72. The molecule has 3 atom stereocenters. The van der Waals surface area contributed by atoms with Gasteiger partial charge in [0, 0.05) is 18.6 Å². The van der Waals surface area contributed by atoms with Crippen LogP contribution in [0.4, 0.5) is 0 Å². The molecule has 0 amide bonds. The summed E-state index contributed by atoms with van der Waals surface area (Å²) < 4.78 is 0. The van der Waals surface area contributed by atoms with Gasteiger partial charge in [-0.1, -0.05) is 27.2 Å². The Hall–Kier alpha value is -0.0800. The zero-order chi connectivity index (χ0) is 13.2. The summed E-state index contributed by atoms with van der Waals surface area (Å²) >= 11 is 0. The molecule has 2 rings (SSSR count). The minimum atomic E-state index is 0.539. The van der Waals surface area contributed by atoms with Crippen LogP contribution in [-0.2, 0) is 0 Å². The van der Waals surface area contributed by atoms with Gasteiger partial charge in [-0.2, -0.15) is 0 Å². The van der Waals surface area contributed by atoms with Crippen molar-refractivity contribution in [3.05, 3.63) is 0 Å². The quantitative estimate of drug-likeness (QED) is 0.829. The number of nitrogens with one attached hydrogen (secondary N) is 1. The largest absolute Gasteiger partial charge is 0.315 e. The molecule has 2 heteroatoms. The van der Waals surface area contributed by atoms with E-state index in [9.17, 15) is 0 Å². The van der Waals surface area contributed by atoms with Gasteiger partial charge in [0.25, 0.3) is 0 Å². The second-order valence-corrected chi connectivity index (χ2v) is 7.28. The molecule has 0 spiro atoms. The molecule has 0 aromatic heterocycles. The summed E-state index contributed by atoms with van der Waals surface area (Å²) in [4.78, 5) is 2.81. The lowest BCUT2D eigenvalue weighted by molar-refractivity contribution is 0.0376. The smallest absolute Gasteiger partial charge is 0.0254 e. The highest BCUT2D eigenvalue weighted by atomic mass is 15.2. The number of rotatable bonds is 3. The molecule has 1 N–H and O–H groups in total. The van der Waals surface area contributed by atoms with Gasteiger partial charge in [0.05, 0.1) is 0 Å². The summed E-state index contributed by atoms with van der Waals surface area (Å²) in [6.07, 6.45) is 8.31. The Kier molecular flexibility index (Phi) is 4.71. The molecule has 0 aromatic carbocycles. The summed E-state index contributed by atoms with van der Waals surface area (Å²) in [5.74, 6) is 0.946. The number of likely N-dealkylation sites (N-methyl/N-ethyl adjacent to an activating group) is 1. The van der Waals surface area contributed by atoms with E-state index in [1.165, 1.54) is 51.6 Å². The molecule has 1 heterocycles. The third kappa shape index (κ3) is 3.27. The molecule has 1 aliphatic carbocycles. The molecule has 18 heavy (non-hydrogen) atoms. The standard InChI is InChI=1S/C16H32N2/c1-5-13-7-6-10-18(12-13)15-11-16(2,3)9-8-14(15)17-4/h13-15,17H,5-12H2,1-4H3. The molecule has 2 nitrogen and oxygen atoms in total. The van der Waals surface area contributed by atoms with E-state index < -0.39 is 0 Å². The number of piperidine rings is 1. The van der Waals surface area contributed by atoms with E-state index >= 15 is 0 Å². The van der Waals surface area contributed by atoms with Gasteiger partial charge in [0.2, 0.25) is 0 Å². The van der Waals surface area contributed by atoms with Crippen molar-refractivity contribution in [2.45, 2.75) is 71.4 Å². The predicted octanol–water partition coefficient (Wildman–Crippen LogP) is 3.28. The van der Waals surface area contributed by atoms with Crippen LogP contribution in [0.25, 0.3) is 0 Å². The molecular weight excluding hydrogens is 220 g/mol. The monoisotopic (exact) mass is 252 g/mol.